The molecule has 0 radical (unpaired) electrons. The van der Waals surface area contributed by atoms with Crippen molar-refractivity contribution in [3.8, 4) is 0 Å². The highest BCUT2D eigenvalue weighted by molar-refractivity contribution is 5.18. The Labute approximate surface area is 125 Å². The Morgan fingerprint density at radius 1 is 1.15 bits per heavy atom. The van der Waals surface area contributed by atoms with E-state index in [2.05, 4.69) is 56.4 Å². The molecular weight excluding hydrogens is 242 g/mol. The molecule has 3 unspecified atom stereocenters. The Morgan fingerprint density at radius 3 is 2.55 bits per heavy atom. The molecule has 1 heteroatoms. The normalized spacial score (nSPS) is 24.8. The molecule has 1 N–H and O–H groups in total. The lowest BCUT2D eigenvalue weighted by atomic mass is 9.82. The monoisotopic (exact) mass is 273 g/mol. The van der Waals surface area contributed by atoms with E-state index in [0.717, 1.165) is 17.8 Å². The molecule has 0 spiro atoms. The lowest BCUT2D eigenvalue weighted by molar-refractivity contribution is 0.262. The van der Waals surface area contributed by atoms with Crippen LogP contribution in [-0.4, -0.2) is 6.54 Å². The topological polar surface area (TPSA) is 12.0 Å². The minimum atomic E-state index is 0.522. The highest BCUT2D eigenvalue weighted by atomic mass is 14.9. The predicted octanol–water partition coefficient (Wildman–Crippen LogP) is 5.19. The van der Waals surface area contributed by atoms with E-state index >= 15 is 0 Å². The van der Waals surface area contributed by atoms with Crippen molar-refractivity contribution in [3.05, 3.63) is 35.9 Å². The van der Waals surface area contributed by atoms with Crippen molar-refractivity contribution in [3.63, 3.8) is 0 Å². The minimum absolute atomic E-state index is 0.522. The van der Waals surface area contributed by atoms with Gasteiger partial charge in [-0.3, -0.25) is 0 Å². The van der Waals surface area contributed by atoms with E-state index in [1.54, 1.807) is 0 Å². The molecule has 1 nitrogen and oxygen atoms in total. The van der Waals surface area contributed by atoms with Crippen LogP contribution >= 0.6 is 0 Å². The van der Waals surface area contributed by atoms with Crippen LogP contribution in [0.2, 0.25) is 0 Å². The van der Waals surface area contributed by atoms with Gasteiger partial charge in [0.2, 0.25) is 0 Å². The van der Waals surface area contributed by atoms with Crippen LogP contribution in [0, 0.1) is 17.8 Å². The van der Waals surface area contributed by atoms with Gasteiger partial charge in [-0.1, -0.05) is 63.9 Å². The van der Waals surface area contributed by atoms with Gasteiger partial charge in [0, 0.05) is 6.04 Å². The summed E-state index contributed by atoms with van der Waals surface area (Å²) in [6.45, 7) is 8.24. The van der Waals surface area contributed by atoms with Crippen molar-refractivity contribution in [2.75, 3.05) is 6.54 Å². The smallest absolute Gasteiger partial charge is 0.0322 e. The van der Waals surface area contributed by atoms with Gasteiger partial charge in [0.25, 0.3) is 0 Å². The minimum Gasteiger partial charge on any atom is -0.310 e. The van der Waals surface area contributed by atoms with Crippen LogP contribution in [0.25, 0.3) is 0 Å². The molecule has 1 aliphatic rings. The van der Waals surface area contributed by atoms with E-state index in [9.17, 15) is 0 Å². The molecule has 0 aliphatic heterocycles. The number of rotatable bonds is 6. The van der Waals surface area contributed by atoms with Gasteiger partial charge in [-0.25, -0.2) is 0 Å². The second-order valence-corrected chi connectivity index (χ2v) is 7.14. The molecular formula is C19H31N. The highest BCUT2D eigenvalue weighted by Crippen LogP contribution is 2.29. The molecule has 1 saturated carbocycles. The first-order valence-electron chi connectivity index (χ1n) is 8.43. The summed E-state index contributed by atoms with van der Waals surface area (Å²) in [5.41, 5.74) is 1.45. The maximum atomic E-state index is 3.86. The molecule has 1 aromatic carbocycles. The fourth-order valence-corrected chi connectivity index (χ4v) is 3.55. The average molecular weight is 273 g/mol. The largest absolute Gasteiger partial charge is 0.310 e. The van der Waals surface area contributed by atoms with Crippen LogP contribution in [-0.2, 0) is 0 Å². The van der Waals surface area contributed by atoms with E-state index in [4.69, 9.17) is 0 Å². The first-order valence-corrected chi connectivity index (χ1v) is 8.43. The number of benzene rings is 1. The van der Waals surface area contributed by atoms with Crippen LogP contribution in [0.15, 0.2) is 30.3 Å². The fraction of sp³-hybridized carbons (Fsp3) is 0.684. The summed E-state index contributed by atoms with van der Waals surface area (Å²) < 4.78 is 0. The molecule has 20 heavy (non-hydrogen) atoms. The summed E-state index contributed by atoms with van der Waals surface area (Å²) in [4.78, 5) is 0. The predicted molar refractivity (Wildman–Crippen MR) is 87.8 cm³/mol. The van der Waals surface area contributed by atoms with Crippen LogP contribution in [0.4, 0.5) is 0 Å². The van der Waals surface area contributed by atoms with E-state index in [1.807, 2.05) is 0 Å². The molecule has 112 valence electrons. The van der Waals surface area contributed by atoms with Gasteiger partial charge in [-0.15, -0.1) is 0 Å². The fourth-order valence-electron chi connectivity index (χ4n) is 3.55. The Morgan fingerprint density at radius 2 is 1.90 bits per heavy atom. The van der Waals surface area contributed by atoms with Crippen molar-refractivity contribution in [1.82, 2.24) is 5.32 Å². The molecule has 1 fully saturated rings. The number of hydrogen-bond acceptors (Lipinski definition) is 1. The quantitative estimate of drug-likeness (QED) is 0.752. The van der Waals surface area contributed by atoms with Crippen molar-refractivity contribution in [2.45, 2.75) is 58.9 Å². The van der Waals surface area contributed by atoms with Gasteiger partial charge in [0.05, 0.1) is 0 Å². The van der Waals surface area contributed by atoms with Gasteiger partial charge >= 0.3 is 0 Å². The summed E-state index contributed by atoms with van der Waals surface area (Å²) >= 11 is 0. The zero-order valence-corrected chi connectivity index (χ0v) is 13.4. The molecule has 0 bridgehead atoms. The summed E-state index contributed by atoms with van der Waals surface area (Å²) in [6.07, 6.45) is 6.92. The Bertz CT molecular complexity index is 371. The summed E-state index contributed by atoms with van der Waals surface area (Å²) in [7, 11) is 0. The molecule has 1 aromatic rings. The van der Waals surface area contributed by atoms with E-state index in [1.165, 1.54) is 44.2 Å². The van der Waals surface area contributed by atoms with Crippen molar-refractivity contribution >= 4 is 0 Å². The molecule has 0 amide bonds. The van der Waals surface area contributed by atoms with E-state index in [0.29, 0.717) is 6.04 Å². The van der Waals surface area contributed by atoms with Gasteiger partial charge < -0.3 is 5.32 Å². The third-order valence-electron chi connectivity index (χ3n) is 4.61. The molecule has 2 rings (SSSR count). The maximum Gasteiger partial charge on any atom is 0.0322 e. The lowest BCUT2D eigenvalue weighted by Crippen LogP contribution is -2.30. The molecule has 0 saturated heterocycles. The first kappa shape index (κ1) is 15.6. The van der Waals surface area contributed by atoms with Crippen molar-refractivity contribution in [2.24, 2.45) is 17.8 Å². The molecule has 0 aromatic heterocycles. The van der Waals surface area contributed by atoms with E-state index in [-0.39, 0.29) is 0 Å². The Balaban J connectivity index is 1.91. The molecule has 3 atom stereocenters. The average Bonchev–Trinajstić information content (AvgIpc) is 2.44. The molecule has 0 heterocycles. The number of hydrogen-bond donors (Lipinski definition) is 1. The van der Waals surface area contributed by atoms with Crippen LogP contribution in [0.5, 0.6) is 0 Å². The Kier molecular flexibility index (Phi) is 6.09. The maximum absolute atomic E-state index is 3.86. The van der Waals surface area contributed by atoms with Crippen LogP contribution in [0.1, 0.15) is 64.5 Å². The lowest BCUT2D eigenvalue weighted by Gasteiger charge is -2.29. The highest BCUT2D eigenvalue weighted by Gasteiger charge is 2.20. The summed E-state index contributed by atoms with van der Waals surface area (Å²) in [5.74, 6) is 2.55. The van der Waals surface area contributed by atoms with Crippen LogP contribution in [0.3, 0.4) is 0 Å². The third-order valence-corrected chi connectivity index (χ3v) is 4.61. The Hall–Kier alpha value is -0.820. The van der Waals surface area contributed by atoms with Gasteiger partial charge in [-0.05, 0) is 49.1 Å². The standard InChI is InChI=1S/C19H31N/c1-15(2)12-19(18-10-5-4-6-11-18)20-14-17-9-7-8-16(3)13-17/h4-6,10-11,15-17,19-20H,7-9,12-14H2,1-3H3. The number of nitrogens with one attached hydrogen (secondary N) is 1. The first-order chi connectivity index (χ1) is 9.65. The molecule has 1 aliphatic carbocycles. The van der Waals surface area contributed by atoms with Gasteiger partial charge in [0.1, 0.15) is 0 Å². The van der Waals surface area contributed by atoms with E-state index < -0.39 is 0 Å². The summed E-state index contributed by atoms with van der Waals surface area (Å²) in [5, 5.41) is 3.86. The van der Waals surface area contributed by atoms with Crippen molar-refractivity contribution < 1.29 is 0 Å². The van der Waals surface area contributed by atoms with Gasteiger partial charge in [0.15, 0.2) is 0 Å². The second kappa shape index (κ2) is 7.83. The summed E-state index contributed by atoms with van der Waals surface area (Å²) in [6, 6.07) is 11.5. The zero-order valence-electron chi connectivity index (χ0n) is 13.4. The third kappa shape index (κ3) is 4.94. The SMILES string of the molecule is CC(C)CC(NCC1CCCC(C)C1)c1ccccc1. The second-order valence-electron chi connectivity index (χ2n) is 7.14. The zero-order chi connectivity index (χ0) is 14.4. The van der Waals surface area contributed by atoms with Crippen molar-refractivity contribution in [1.29, 1.82) is 0 Å². The van der Waals surface area contributed by atoms with Crippen LogP contribution < -0.4 is 5.32 Å². The van der Waals surface area contributed by atoms with Gasteiger partial charge in [-0.2, -0.15) is 0 Å².